The normalized spacial score (nSPS) is 10.3. The lowest BCUT2D eigenvalue weighted by molar-refractivity contribution is -0.120. The number of rotatable bonds is 5. The van der Waals surface area contributed by atoms with E-state index in [4.69, 9.17) is 33.3 Å². The van der Waals surface area contributed by atoms with Crippen molar-refractivity contribution < 1.29 is 9.63 Å². The third-order valence-corrected chi connectivity index (χ3v) is 3.28. The molecule has 0 heterocycles. The molecule has 0 aromatic heterocycles. The van der Waals surface area contributed by atoms with Crippen LogP contribution in [0, 0.1) is 11.3 Å². The van der Waals surface area contributed by atoms with Gasteiger partial charge in [-0.3, -0.25) is 4.79 Å². The molecule has 1 N–H and O–H groups in total. The second kappa shape index (κ2) is 8.18. The number of nitriles is 1. The van der Waals surface area contributed by atoms with Gasteiger partial charge in [0.25, 0.3) is 5.91 Å². The molecular weight excluding hydrogens is 337 g/mol. The molecule has 0 radical (unpaired) electrons. The Morgan fingerprint density at radius 1 is 1.26 bits per heavy atom. The summed E-state index contributed by atoms with van der Waals surface area (Å²) in [5, 5.41) is 16.0. The van der Waals surface area contributed by atoms with E-state index in [1.165, 1.54) is 18.3 Å². The van der Waals surface area contributed by atoms with Gasteiger partial charge in [-0.2, -0.15) is 5.26 Å². The quantitative estimate of drug-likeness (QED) is 0.659. The van der Waals surface area contributed by atoms with Crippen molar-refractivity contribution in [3.8, 4) is 6.07 Å². The molecule has 0 spiro atoms. The fraction of sp³-hybridized carbons (Fsp3) is 0.0625. The molecule has 2 aromatic rings. The summed E-state index contributed by atoms with van der Waals surface area (Å²) in [7, 11) is 0. The van der Waals surface area contributed by atoms with E-state index in [0.29, 0.717) is 16.3 Å². The van der Waals surface area contributed by atoms with Crippen molar-refractivity contribution in [1.82, 2.24) is 0 Å². The van der Waals surface area contributed by atoms with Gasteiger partial charge in [0.15, 0.2) is 6.61 Å². The van der Waals surface area contributed by atoms with E-state index in [1.54, 1.807) is 30.3 Å². The minimum atomic E-state index is -0.390. The maximum atomic E-state index is 11.7. The Balaban J connectivity index is 1.82. The zero-order valence-electron chi connectivity index (χ0n) is 11.8. The number of carbonyl (C=O) groups is 1. The Bertz CT molecular complexity index is 768. The smallest absolute Gasteiger partial charge is 0.265 e. The zero-order chi connectivity index (χ0) is 16.7. The van der Waals surface area contributed by atoms with Crippen LogP contribution in [0.4, 0.5) is 5.69 Å². The summed E-state index contributed by atoms with van der Waals surface area (Å²) in [6, 6.07) is 13.5. The Labute approximate surface area is 143 Å². The maximum Gasteiger partial charge on any atom is 0.265 e. The van der Waals surface area contributed by atoms with Crippen LogP contribution in [0.1, 0.15) is 11.1 Å². The molecule has 0 aliphatic rings. The van der Waals surface area contributed by atoms with E-state index in [0.717, 1.165) is 5.56 Å². The number of hydrogen-bond donors (Lipinski definition) is 1. The monoisotopic (exact) mass is 347 g/mol. The first-order valence-corrected chi connectivity index (χ1v) is 7.24. The summed E-state index contributed by atoms with van der Waals surface area (Å²) in [6.45, 7) is -0.248. The fourth-order valence-electron chi connectivity index (χ4n) is 1.62. The number of amides is 1. The second-order valence-corrected chi connectivity index (χ2v) is 5.26. The third-order valence-electron chi connectivity index (χ3n) is 2.72. The number of oxime groups is 1. The van der Waals surface area contributed by atoms with Gasteiger partial charge in [0, 0.05) is 10.7 Å². The van der Waals surface area contributed by atoms with Gasteiger partial charge >= 0.3 is 0 Å². The fourth-order valence-corrected chi connectivity index (χ4v) is 1.97. The van der Waals surface area contributed by atoms with Crippen LogP contribution in [0.25, 0.3) is 0 Å². The van der Waals surface area contributed by atoms with Gasteiger partial charge in [0.1, 0.15) is 6.07 Å². The van der Waals surface area contributed by atoms with E-state index >= 15 is 0 Å². The van der Waals surface area contributed by atoms with Crippen LogP contribution in [0.15, 0.2) is 47.6 Å². The van der Waals surface area contributed by atoms with Gasteiger partial charge in [0.2, 0.25) is 0 Å². The number of benzene rings is 2. The topological polar surface area (TPSA) is 74.5 Å². The number of carbonyl (C=O) groups excluding carboxylic acids is 1. The molecule has 0 fully saturated rings. The largest absolute Gasteiger partial charge is 0.386 e. The SMILES string of the molecule is N#Cc1ccc(NC(=O)CO/N=C\c2ccc(Cl)cc2)cc1Cl. The van der Waals surface area contributed by atoms with Crippen molar-refractivity contribution in [3.05, 3.63) is 63.6 Å². The molecular formula is C16H11Cl2N3O2. The summed E-state index contributed by atoms with van der Waals surface area (Å²) in [4.78, 5) is 16.6. The molecule has 116 valence electrons. The molecule has 0 aliphatic heterocycles. The predicted molar refractivity (Wildman–Crippen MR) is 89.8 cm³/mol. The standard InChI is InChI=1S/C16H11Cl2N3O2/c17-13-4-1-11(2-5-13)9-20-23-10-16(22)21-14-6-3-12(8-19)15(18)7-14/h1-7,9H,10H2,(H,21,22)/b20-9-. The summed E-state index contributed by atoms with van der Waals surface area (Å²) in [5.41, 5.74) is 1.62. The van der Waals surface area contributed by atoms with Crippen molar-refractivity contribution in [2.24, 2.45) is 5.16 Å². The van der Waals surface area contributed by atoms with Gasteiger partial charge in [0.05, 0.1) is 16.8 Å². The highest BCUT2D eigenvalue weighted by Crippen LogP contribution is 2.20. The highest BCUT2D eigenvalue weighted by atomic mass is 35.5. The molecule has 0 atom stereocenters. The van der Waals surface area contributed by atoms with Crippen LogP contribution in [0.3, 0.4) is 0 Å². The molecule has 0 unspecified atom stereocenters. The first-order chi connectivity index (χ1) is 11.1. The summed E-state index contributed by atoms with van der Waals surface area (Å²) in [5.74, 6) is -0.390. The maximum absolute atomic E-state index is 11.7. The van der Waals surface area contributed by atoms with Crippen LogP contribution in [-0.2, 0) is 9.63 Å². The van der Waals surface area contributed by atoms with E-state index in [1.807, 2.05) is 6.07 Å². The van der Waals surface area contributed by atoms with E-state index < -0.39 is 0 Å². The van der Waals surface area contributed by atoms with Gasteiger partial charge in [-0.1, -0.05) is 40.5 Å². The lowest BCUT2D eigenvalue weighted by Crippen LogP contribution is -2.17. The Morgan fingerprint density at radius 3 is 2.65 bits per heavy atom. The number of halogens is 2. The third kappa shape index (κ3) is 5.29. The average Bonchev–Trinajstić information content (AvgIpc) is 2.53. The lowest BCUT2D eigenvalue weighted by atomic mass is 10.2. The molecule has 7 heteroatoms. The molecule has 5 nitrogen and oxygen atoms in total. The average molecular weight is 348 g/mol. The van der Waals surface area contributed by atoms with Crippen molar-refractivity contribution in [2.45, 2.75) is 0 Å². The highest BCUT2D eigenvalue weighted by molar-refractivity contribution is 6.32. The zero-order valence-corrected chi connectivity index (χ0v) is 13.3. The first kappa shape index (κ1) is 16.8. The van der Waals surface area contributed by atoms with E-state index in [2.05, 4.69) is 10.5 Å². The predicted octanol–water partition coefficient (Wildman–Crippen LogP) is 3.85. The lowest BCUT2D eigenvalue weighted by Gasteiger charge is -2.05. The Kier molecular flexibility index (Phi) is 5.98. The van der Waals surface area contributed by atoms with Crippen LogP contribution in [0.5, 0.6) is 0 Å². The Morgan fingerprint density at radius 2 is 2.00 bits per heavy atom. The molecule has 0 aliphatic carbocycles. The van der Waals surface area contributed by atoms with Crippen LogP contribution in [-0.4, -0.2) is 18.7 Å². The van der Waals surface area contributed by atoms with Crippen molar-refractivity contribution in [1.29, 1.82) is 5.26 Å². The molecule has 23 heavy (non-hydrogen) atoms. The molecule has 0 saturated carbocycles. The minimum Gasteiger partial charge on any atom is -0.386 e. The van der Waals surface area contributed by atoms with Gasteiger partial charge < -0.3 is 10.2 Å². The summed E-state index contributed by atoms with van der Waals surface area (Å²) < 4.78 is 0. The van der Waals surface area contributed by atoms with Crippen LogP contribution < -0.4 is 5.32 Å². The van der Waals surface area contributed by atoms with Crippen LogP contribution >= 0.6 is 23.2 Å². The molecule has 1 amide bonds. The molecule has 2 rings (SSSR count). The Hall–Kier alpha value is -2.55. The molecule has 2 aromatic carbocycles. The number of anilines is 1. The van der Waals surface area contributed by atoms with Gasteiger partial charge in [-0.05, 0) is 35.9 Å². The van der Waals surface area contributed by atoms with Gasteiger partial charge in [-0.15, -0.1) is 0 Å². The van der Waals surface area contributed by atoms with E-state index in [-0.39, 0.29) is 17.5 Å². The first-order valence-electron chi connectivity index (χ1n) is 6.49. The summed E-state index contributed by atoms with van der Waals surface area (Å²) in [6.07, 6.45) is 1.47. The van der Waals surface area contributed by atoms with Crippen molar-refractivity contribution in [3.63, 3.8) is 0 Å². The molecule has 0 saturated heterocycles. The summed E-state index contributed by atoms with van der Waals surface area (Å²) >= 11 is 11.6. The van der Waals surface area contributed by atoms with Crippen LogP contribution in [0.2, 0.25) is 10.0 Å². The minimum absolute atomic E-state index is 0.248. The second-order valence-electron chi connectivity index (χ2n) is 4.41. The number of hydrogen-bond acceptors (Lipinski definition) is 4. The van der Waals surface area contributed by atoms with Gasteiger partial charge in [-0.25, -0.2) is 0 Å². The highest BCUT2D eigenvalue weighted by Gasteiger charge is 2.05. The van der Waals surface area contributed by atoms with Crippen molar-refractivity contribution in [2.75, 3.05) is 11.9 Å². The molecule has 0 bridgehead atoms. The van der Waals surface area contributed by atoms with Crippen molar-refractivity contribution >= 4 is 41.0 Å². The number of nitrogens with zero attached hydrogens (tertiary/aromatic N) is 2. The number of nitrogens with one attached hydrogen (secondary N) is 1. The van der Waals surface area contributed by atoms with E-state index in [9.17, 15) is 4.79 Å².